The van der Waals surface area contributed by atoms with Crippen LogP contribution in [0.2, 0.25) is 0 Å². The maximum Gasteiger partial charge on any atom is 0.0714 e. The van der Waals surface area contributed by atoms with Gasteiger partial charge >= 0.3 is 0 Å². The summed E-state index contributed by atoms with van der Waals surface area (Å²) in [5.41, 5.74) is 23.7. The molecular weight excluding hydrogens is 913 g/mol. The SMILES string of the molecule is Cc1ccc(N(c2ccc(-c3ccccc3)cc2)c2ccc3c(c2)C(c2ccccc2)(c2ccccc2)c2cc4sc5c(N(c6ccc(-c7ccccc7)cc6)c6ccc(C)c(C)c6)cccc5c4cc2-3)cc1C. The Morgan fingerprint density at radius 2 is 0.757 bits per heavy atom. The fourth-order valence-electron chi connectivity index (χ4n) is 11.5. The summed E-state index contributed by atoms with van der Waals surface area (Å²) >= 11 is 1.90. The molecular formula is C71H54N2S. The lowest BCUT2D eigenvalue weighted by molar-refractivity contribution is 0.769. The van der Waals surface area contributed by atoms with E-state index < -0.39 is 5.41 Å². The lowest BCUT2D eigenvalue weighted by Crippen LogP contribution is -2.28. The second-order valence-corrected chi connectivity index (χ2v) is 20.9. The molecule has 0 bridgehead atoms. The topological polar surface area (TPSA) is 6.48 Å². The number of rotatable bonds is 10. The first-order chi connectivity index (χ1) is 36.3. The Kier molecular flexibility index (Phi) is 11.2. The average molecular weight is 967 g/mol. The lowest BCUT2D eigenvalue weighted by Gasteiger charge is -2.35. The third-order valence-electron chi connectivity index (χ3n) is 15.6. The van der Waals surface area contributed by atoms with Crippen molar-refractivity contribution in [2.75, 3.05) is 9.80 Å². The average Bonchev–Trinajstić information content (AvgIpc) is 4.10. The molecule has 0 N–H and O–H groups in total. The molecule has 0 radical (unpaired) electrons. The van der Waals surface area contributed by atoms with Crippen molar-refractivity contribution >= 4 is 65.6 Å². The van der Waals surface area contributed by atoms with Crippen LogP contribution in [0.1, 0.15) is 44.5 Å². The Morgan fingerprint density at radius 1 is 0.311 bits per heavy atom. The molecule has 0 atom stereocenters. The van der Waals surface area contributed by atoms with Gasteiger partial charge in [0.2, 0.25) is 0 Å². The smallest absolute Gasteiger partial charge is 0.0714 e. The summed E-state index contributed by atoms with van der Waals surface area (Å²) in [6.07, 6.45) is 0. The zero-order valence-electron chi connectivity index (χ0n) is 42.1. The van der Waals surface area contributed by atoms with Crippen molar-refractivity contribution in [2.45, 2.75) is 33.1 Å². The summed E-state index contributed by atoms with van der Waals surface area (Å²) in [6, 6.07) is 94.7. The minimum absolute atomic E-state index is 0.617. The summed E-state index contributed by atoms with van der Waals surface area (Å²) in [5, 5.41) is 2.53. The molecule has 354 valence electrons. The molecule has 0 saturated heterocycles. The van der Waals surface area contributed by atoms with Crippen LogP contribution in [-0.4, -0.2) is 0 Å². The largest absolute Gasteiger partial charge is 0.310 e. The van der Waals surface area contributed by atoms with Crippen molar-refractivity contribution in [1.82, 2.24) is 0 Å². The summed E-state index contributed by atoms with van der Waals surface area (Å²) in [4.78, 5) is 4.90. The molecule has 12 aromatic rings. The van der Waals surface area contributed by atoms with Gasteiger partial charge in [0, 0.05) is 43.9 Å². The van der Waals surface area contributed by atoms with Crippen LogP contribution in [0, 0.1) is 27.7 Å². The highest BCUT2D eigenvalue weighted by atomic mass is 32.1. The first-order valence-electron chi connectivity index (χ1n) is 25.6. The molecule has 2 nitrogen and oxygen atoms in total. The van der Waals surface area contributed by atoms with Crippen LogP contribution in [0.15, 0.2) is 255 Å². The van der Waals surface area contributed by atoms with E-state index in [0.717, 1.165) is 28.4 Å². The van der Waals surface area contributed by atoms with Gasteiger partial charge in [0.1, 0.15) is 0 Å². The zero-order valence-corrected chi connectivity index (χ0v) is 42.9. The summed E-state index contributed by atoms with van der Waals surface area (Å²) in [5.74, 6) is 0. The predicted octanol–water partition coefficient (Wildman–Crippen LogP) is 19.9. The molecule has 0 amide bonds. The van der Waals surface area contributed by atoms with Gasteiger partial charge in [-0.1, -0.05) is 176 Å². The maximum atomic E-state index is 2.54. The molecule has 0 fully saturated rings. The van der Waals surface area contributed by atoms with Crippen LogP contribution < -0.4 is 9.80 Å². The van der Waals surface area contributed by atoms with Gasteiger partial charge in [0.05, 0.1) is 15.8 Å². The predicted molar refractivity (Wildman–Crippen MR) is 316 cm³/mol. The summed E-state index contributed by atoms with van der Waals surface area (Å²) in [7, 11) is 0. The van der Waals surface area contributed by atoms with Gasteiger partial charge in [0.15, 0.2) is 0 Å². The normalized spacial score (nSPS) is 12.4. The van der Waals surface area contributed by atoms with Gasteiger partial charge in [-0.25, -0.2) is 0 Å². The molecule has 1 aliphatic rings. The Balaban J connectivity index is 1.03. The fourth-order valence-corrected chi connectivity index (χ4v) is 12.8. The monoisotopic (exact) mass is 966 g/mol. The number of hydrogen-bond donors (Lipinski definition) is 0. The van der Waals surface area contributed by atoms with E-state index in [1.54, 1.807) is 0 Å². The van der Waals surface area contributed by atoms with E-state index in [9.17, 15) is 0 Å². The number of benzene rings is 11. The third-order valence-corrected chi connectivity index (χ3v) is 16.8. The molecule has 13 rings (SSSR count). The molecule has 0 saturated carbocycles. The van der Waals surface area contributed by atoms with E-state index in [-0.39, 0.29) is 0 Å². The van der Waals surface area contributed by atoms with E-state index in [1.165, 1.54) is 104 Å². The van der Waals surface area contributed by atoms with Gasteiger partial charge in [-0.15, -0.1) is 11.3 Å². The molecule has 1 heterocycles. The van der Waals surface area contributed by atoms with Gasteiger partial charge in [-0.3, -0.25) is 0 Å². The van der Waals surface area contributed by atoms with Crippen LogP contribution in [0.5, 0.6) is 0 Å². The Morgan fingerprint density at radius 3 is 1.30 bits per heavy atom. The maximum absolute atomic E-state index is 2.54. The Bertz CT molecular complexity index is 3990. The third kappa shape index (κ3) is 7.54. The highest BCUT2D eigenvalue weighted by Crippen LogP contribution is 2.59. The van der Waals surface area contributed by atoms with Crippen LogP contribution >= 0.6 is 11.3 Å². The van der Waals surface area contributed by atoms with Crippen molar-refractivity contribution in [3.8, 4) is 33.4 Å². The first kappa shape index (κ1) is 45.1. The van der Waals surface area contributed by atoms with E-state index in [2.05, 4.69) is 292 Å². The van der Waals surface area contributed by atoms with E-state index in [0.29, 0.717) is 0 Å². The van der Waals surface area contributed by atoms with E-state index in [1.807, 2.05) is 11.3 Å². The molecule has 74 heavy (non-hydrogen) atoms. The molecule has 11 aromatic carbocycles. The lowest BCUT2D eigenvalue weighted by atomic mass is 9.67. The van der Waals surface area contributed by atoms with Crippen LogP contribution in [0.25, 0.3) is 53.6 Å². The highest BCUT2D eigenvalue weighted by Gasteiger charge is 2.47. The molecule has 1 aliphatic carbocycles. The molecule has 3 heteroatoms. The minimum atomic E-state index is -0.617. The van der Waals surface area contributed by atoms with Crippen LogP contribution in [0.4, 0.5) is 34.1 Å². The zero-order chi connectivity index (χ0) is 49.9. The molecule has 0 unspecified atom stereocenters. The van der Waals surface area contributed by atoms with Crippen LogP contribution in [0.3, 0.4) is 0 Å². The van der Waals surface area contributed by atoms with Crippen LogP contribution in [-0.2, 0) is 5.41 Å². The van der Waals surface area contributed by atoms with Crippen molar-refractivity contribution in [2.24, 2.45) is 0 Å². The highest BCUT2D eigenvalue weighted by molar-refractivity contribution is 7.26. The quantitative estimate of drug-likeness (QED) is 0.135. The second-order valence-electron chi connectivity index (χ2n) is 19.9. The minimum Gasteiger partial charge on any atom is -0.310 e. The van der Waals surface area contributed by atoms with Crippen molar-refractivity contribution in [3.05, 3.63) is 299 Å². The standard InChI is InChI=1S/C71H54N2S/c1-47-28-34-59(42-49(47)3)72(57-36-30-53(31-37-57)51-18-9-5-10-19-51)61-40-41-62-64-45-65-63-26-17-27-68(73(60-35-29-48(2)50(4)43-60)58-38-32-54(33-39-58)52-20-11-6-12-21-52)70(63)74-69(65)46-67(64)71(66(62)44-61,55-22-13-7-14-23-55)56-24-15-8-16-25-56/h5-46H,1-4H3. The number of fused-ring (bicyclic) bond motifs is 6. The number of anilines is 6. The van der Waals surface area contributed by atoms with Crippen molar-refractivity contribution in [3.63, 3.8) is 0 Å². The fraction of sp³-hybridized carbons (Fsp3) is 0.0704. The van der Waals surface area contributed by atoms with Gasteiger partial charge in [-0.2, -0.15) is 0 Å². The van der Waals surface area contributed by atoms with E-state index in [4.69, 9.17) is 0 Å². The number of aryl methyl sites for hydroxylation is 4. The number of nitrogens with zero attached hydrogens (tertiary/aromatic N) is 2. The molecule has 0 spiro atoms. The first-order valence-corrected chi connectivity index (χ1v) is 26.5. The summed E-state index contributed by atoms with van der Waals surface area (Å²) < 4.78 is 2.53. The van der Waals surface area contributed by atoms with Gasteiger partial charge < -0.3 is 9.80 Å². The number of hydrogen-bond acceptors (Lipinski definition) is 3. The van der Waals surface area contributed by atoms with Gasteiger partial charge in [-0.05, 0) is 184 Å². The Hall–Kier alpha value is -8.76. The van der Waals surface area contributed by atoms with Crippen molar-refractivity contribution < 1.29 is 0 Å². The van der Waals surface area contributed by atoms with Crippen molar-refractivity contribution in [1.29, 1.82) is 0 Å². The van der Waals surface area contributed by atoms with Gasteiger partial charge in [0.25, 0.3) is 0 Å². The molecule has 1 aromatic heterocycles. The van der Waals surface area contributed by atoms with E-state index >= 15 is 0 Å². The Labute approximate surface area is 438 Å². The summed E-state index contributed by atoms with van der Waals surface area (Å²) in [6.45, 7) is 8.82. The number of thiophene rings is 1. The second kappa shape index (κ2) is 18.4. The molecule has 0 aliphatic heterocycles.